The number of carbonyl (C=O) groups excluding carboxylic acids is 3. The van der Waals surface area contributed by atoms with Crippen molar-refractivity contribution in [2.24, 2.45) is 0 Å². The van der Waals surface area contributed by atoms with Crippen molar-refractivity contribution < 1.29 is 24.2 Å². The first-order chi connectivity index (χ1) is 14.5. The first kappa shape index (κ1) is 22.0. The van der Waals surface area contributed by atoms with Crippen LogP contribution in [-0.4, -0.2) is 52.5 Å². The largest absolute Gasteiger partial charge is 0.459 e. The Labute approximate surface area is 177 Å². The van der Waals surface area contributed by atoms with E-state index in [-0.39, 0.29) is 31.4 Å². The Morgan fingerprint density at radius 1 is 1.17 bits per heavy atom. The predicted octanol–water partition coefficient (Wildman–Crippen LogP) is 2.09. The van der Waals surface area contributed by atoms with Gasteiger partial charge in [-0.15, -0.1) is 0 Å². The van der Waals surface area contributed by atoms with Crippen LogP contribution >= 0.6 is 0 Å². The Morgan fingerprint density at radius 3 is 2.67 bits per heavy atom. The van der Waals surface area contributed by atoms with Gasteiger partial charge in [-0.1, -0.05) is 56.2 Å². The first-order valence-corrected chi connectivity index (χ1v) is 10.6. The van der Waals surface area contributed by atoms with Crippen LogP contribution in [0.2, 0.25) is 0 Å². The van der Waals surface area contributed by atoms with Gasteiger partial charge in [0.15, 0.2) is 0 Å². The molecule has 2 aliphatic rings. The van der Waals surface area contributed by atoms with Gasteiger partial charge < -0.3 is 20.1 Å². The normalized spacial score (nSPS) is 25.5. The minimum absolute atomic E-state index is 0.0528. The van der Waals surface area contributed by atoms with Crippen LogP contribution in [0, 0.1) is 0 Å². The molecule has 3 rings (SSSR count). The molecule has 162 valence electrons. The van der Waals surface area contributed by atoms with Crippen molar-refractivity contribution in [3.63, 3.8) is 0 Å². The van der Waals surface area contributed by atoms with Crippen molar-refractivity contribution in [3.8, 4) is 0 Å². The Kier molecular flexibility index (Phi) is 7.63. The standard InChI is InChI=1S/C23H30N2O5/c1-16-9-5-2-3-8-12-19(24-21(16)27)22(28)25-14-18(26)13-20(25)23(29)30-15-17-10-6-4-7-11-17/h4,6-7,10-11,18-20,26H,1-3,5,8-9,12-15H2,(H,24,27)/t18-,19+,20+/m1/s1. The van der Waals surface area contributed by atoms with E-state index in [0.717, 1.165) is 31.2 Å². The van der Waals surface area contributed by atoms with Gasteiger partial charge in [0.1, 0.15) is 18.7 Å². The van der Waals surface area contributed by atoms with Gasteiger partial charge >= 0.3 is 5.97 Å². The van der Waals surface area contributed by atoms with E-state index in [1.165, 1.54) is 4.90 Å². The van der Waals surface area contributed by atoms with E-state index in [2.05, 4.69) is 11.9 Å². The van der Waals surface area contributed by atoms with Crippen molar-refractivity contribution in [2.75, 3.05) is 6.54 Å². The van der Waals surface area contributed by atoms with Gasteiger partial charge in [-0.05, 0) is 24.8 Å². The number of amides is 2. The molecule has 2 fully saturated rings. The lowest BCUT2D eigenvalue weighted by Crippen LogP contribution is -2.52. The number of rotatable bonds is 4. The number of aliphatic hydroxyl groups is 1. The Hall–Kier alpha value is -2.67. The Morgan fingerprint density at radius 2 is 1.90 bits per heavy atom. The molecule has 0 aliphatic carbocycles. The lowest BCUT2D eigenvalue weighted by Gasteiger charge is -2.28. The number of benzene rings is 1. The zero-order valence-electron chi connectivity index (χ0n) is 17.2. The second-order valence-electron chi connectivity index (χ2n) is 8.07. The van der Waals surface area contributed by atoms with Gasteiger partial charge in [0, 0.05) is 18.5 Å². The fourth-order valence-corrected chi connectivity index (χ4v) is 3.98. The van der Waals surface area contributed by atoms with Gasteiger partial charge in [0.05, 0.1) is 6.10 Å². The summed E-state index contributed by atoms with van der Waals surface area (Å²) in [7, 11) is 0. The summed E-state index contributed by atoms with van der Waals surface area (Å²) in [4.78, 5) is 39.6. The van der Waals surface area contributed by atoms with Gasteiger partial charge in [0.2, 0.25) is 11.8 Å². The lowest BCUT2D eigenvalue weighted by molar-refractivity contribution is -0.155. The van der Waals surface area contributed by atoms with Crippen LogP contribution in [0.15, 0.2) is 42.5 Å². The molecule has 0 unspecified atom stereocenters. The molecule has 3 atom stereocenters. The number of nitrogens with zero attached hydrogens (tertiary/aromatic N) is 1. The SMILES string of the molecule is C=C1CCCCCC[C@@H](C(=O)N2C[C@H](O)C[C@H]2C(=O)OCc2ccccc2)NC1=O. The van der Waals surface area contributed by atoms with Crippen molar-refractivity contribution >= 4 is 17.8 Å². The van der Waals surface area contributed by atoms with Crippen LogP contribution in [0.1, 0.15) is 50.5 Å². The summed E-state index contributed by atoms with van der Waals surface area (Å²) in [6.07, 6.45) is 4.13. The fourth-order valence-electron chi connectivity index (χ4n) is 3.98. The van der Waals surface area contributed by atoms with Crippen molar-refractivity contribution in [1.82, 2.24) is 10.2 Å². The maximum Gasteiger partial charge on any atom is 0.329 e. The number of carbonyl (C=O) groups is 3. The molecule has 2 aliphatic heterocycles. The van der Waals surface area contributed by atoms with Gasteiger partial charge in [0.25, 0.3) is 0 Å². The molecule has 1 aromatic rings. The average Bonchev–Trinajstić information content (AvgIpc) is 3.15. The smallest absolute Gasteiger partial charge is 0.329 e. The molecule has 0 spiro atoms. The molecule has 0 saturated carbocycles. The minimum Gasteiger partial charge on any atom is -0.459 e. The second kappa shape index (κ2) is 10.4. The zero-order chi connectivity index (χ0) is 21.5. The van der Waals surface area contributed by atoms with Gasteiger partial charge in [-0.3, -0.25) is 9.59 Å². The fraction of sp³-hybridized carbons (Fsp3) is 0.522. The number of hydrogen-bond acceptors (Lipinski definition) is 5. The topological polar surface area (TPSA) is 95.9 Å². The van der Waals surface area contributed by atoms with Crippen LogP contribution in [0.3, 0.4) is 0 Å². The first-order valence-electron chi connectivity index (χ1n) is 10.6. The molecule has 30 heavy (non-hydrogen) atoms. The van der Waals surface area contributed by atoms with Crippen LogP contribution in [0.4, 0.5) is 0 Å². The molecule has 0 aromatic heterocycles. The number of esters is 1. The number of β-amino-alcohol motifs (C(OH)–C–C–N with tert-alkyl or cyclic N) is 1. The third-order valence-corrected chi connectivity index (χ3v) is 5.70. The Bertz CT molecular complexity index is 779. The third-order valence-electron chi connectivity index (χ3n) is 5.70. The Balaban J connectivity index is 1.67. The summed E-state index contributed by atoms with van der Waals surface area (Å²) in [6.45, 7) is 3.98. The molecule has 7 nitrogen and oxygen atoms in total. The number of likely N-dealkylation sites (tertiary alicyclic amines) is 1. The van der Waals surface area contributed by atoms with E-state index in [9.17, 15) is 19.5 Å². The highest BCUT2D eigenvalue weighted by molar-refractivity contribution is 5.97. The number of ether oxygens (including phenoxy) is 1. The van der Waals surface area contributed by atoms with Crippen molar-refractivity contribution in [1.29, 1.82) is 0 Å². The zero-order valence-corrected chi connectivity index (χ0v) is 17.2. The molecule has 0 bridgehead atoms. The summed E-state index contributed by atoms with van der Waals surface area (Å²) >= 11 is 0. The minimum atomic E-state index is -0.855. The molecule has 2 N–H and O–H groups in total. The van der Waals surface area contributed by atoms with Crippen molar-refractivity contribution in [2.45, 2.75) is 69.7 Å². The molecule has 7 heteroatoms. The summed E-state index contributed by atoms with van der Waals surface area (Å²) in [6, 6.07) is 7.70. The highest BCUT2D eigenvalue weighted by Gasteiger charge is 2.42. The molecule has 2 saturated heterocycles. The summed E-state index contributed by atoms with van der Waals surface area (Å²) in [5.74, 6) is -1.22. The number of hydrogen-bond donors (Lipinski definition) is 2. The van der Waals surface area contributed by atoms with Crippen LogP contribution in [0.5, 0.6) is 0 Å². The second-order valence-corrected chi connectivity index (χ2v) is 8.07. The van der Waals surface area contributed by atoms with Gasteiger partial charge in [-0.2, -0.15) is 0 Å². The highest BCUT2D eigenvalue weighted by Crippen LogP contribution is 2.23. The molecule has 0 radical (unpaired) electrons. The van der Waals surface area contributed by atoms with Crippen molar-refractivity contribution in [3.05, 3.63) is 48.0 Å². The molecular formula is C23H30N2O5. The molecule has 2 heterocycles. The van der Waals surface area contributed by atoms with E-state index in [0.29, 0.717) is 18.4 Å². The summed E-state index contributed by atoms with van der Waals surface area (Å²) < 4.78 is 5.40. The van der Waals surface area contributed by atoms with E-state index in [4.69, 9.17) is 4.74 Å². The van der Waals surface area contributed by atoms with E-state index >= 15 is 0 Å². The molecule has 1 aromatic carbocycles. The van der Waals surface area contributed by atoms with E-state index in [1.807, 2.05) is 30.3 Å². The summed E-state index contributed by atoms with van der Waals surface area (Å²) in [5.41, 5.74) is 1.32. The molecule has 2 amide bonds. The number of nitrogens with one attached hydrogen (secondary N) is 1. The maximum absolute atomic E-state index is 13.2. The van der Waals surface area contributed by atoms with Crippen LogP contribution in [0.25, 0.3) is 0 Å². The summed E-state index contributed by atoms with van der Waals surface area (Å²) in [5, 5.41) is 12.9. The highest BCUT2D eigenvalue weighted by atomic mass is 16.5. The lowest BCUT2D eigenvalue weighted by atomic mass is 10.00. The molecular weight excluding hydrogens is 384 g/mol. The van der Waals surface area contributed by atoms with Crippen LogP contribution in [-0.2, 0) is 25.7 Å². The average molecular weight is 415 g/mol. The third kappa shape index (κ3) is 5.69. The number of aliphatic hydroxyl groups excluding tert-OH is 1. The van der Waals surface area contributed by atoms with Crippen LogP contribution < -0.4 is 5.32 Å². The van der Waals surface area contributed by atoms with Gasteiger partial charge in [-0.25, -0.2) is 4.79 Å². The van der Waals surface area contributed by atoms with E-state index in [1.54, 1.807) is 0 Å². The quantitative estimate of drug-likeness (QED) is 0.581. The van der Waals surface area contributed by atoms with E-state index < -0.39 is 24.2 Å². The predicted molar refractivity (Wildman–Crippen MR) is 111 cm³/mol. The maximum atomic E-state index is 13.2. The monoisotopic (exact) mass is 414 g/mol.